The number of benzene rings is 2. The summed E-state index contributed by atoms with van der Waals surface area (Å²) in [5, 5.41) is 4.16. The summed E-state index contributed by atoms with van der Waals surface area (Å²) in [5.41, 5.74) is 9.18. The van der Waals surface area contributed by atoms with E-state index in [0.717, 1.165) is 20.2 Å². The summed E-state index contributed by atoms with van der Waals surface area (Å²) < 4.78 is 2.01. The van der Waals surface area contributed by atoms with E-state index in [4.69, 9.17) is 17.3 Å². The maximum Gasteiger partial charge on any atom is 0.0648 e. The number of nitrogens with two attached hydrogens (primary N) is 1. The van der Waals surface area contributed by atoms with Crippen molar-refractivity contribution in [3.05, 3.63) is 61.5 Å². The van der Waals surface area contributed by atoms with Crippen molar-refractivity contribution in [2.75, 3.05) is 11.9 Å². The van der Waals surface area contributed by atoms with Crippen molar-refractivity contribution in [2.45, 2.75) is 13.0 Å². The molecule has 0 saturated heterocycles. The van der Waals surface area contributed by atoms with Gasteiger partial charge in [-0.25, -0.2) is 0 Å². The molecule has 0 saturated carbocycles. The average molecular weight is 419 g/mol. The molecule has 0 bridgehead atoms. The quantitative estimate of drug-likeness (QED) is 0.708. The number of halogens is 3. The smallest absolute Gasteiger partial charge is 0.0648 e. The Morgan fingerprint density at radius 3 is 2.55 bits per heavy atom. The van der Waals surface area contributed by atoms with Crippen LogP contribution in [0.15, 0.2) is 45.3 Å². The first-order valence-corrected chi connectivity index (χ1v) is 8.15. The van der Waals surface area contributed by atoms with Crippen molar-refractivity contribution < 1.29 is 0 Å². The lowest BCUT2D eigenvalue weighted by molar-refractivity contribution is 0.785. The van der Waals surface area contributed by atoms with Crippen LogP contribution in [0.2, 0.25) is 5.02 Å². The molecule has 0 radical (unpaired) electrons. The Kier molecular flexibility index (Phi) is 5.49. The van der Waals surface area contributed by atoms with Gasteiger partial charge in [-0.1, -0.05) is 33.6 Å². The molecule has 0 spiro atoms. The van der Waals surface area contributed by atoms with Gasteiger partial charge in [-0.15, -0.1) is 0 Å². The van der Waals surface area contributed by atoms with Crippen LogP contribution in [0.5, 0.6) is 0 Å². The summed E-state index contributed by atoms with van der Waals surface area (Å²) in [5.74, 6) is 0. The molecule has 5 heteroatoms. The van der Waals surface area contributed by atoms with Gasteiger partial charge in [-0.3, -0.25) is 0 Å². The first-order valence-electron chi connectivity index (χ1n) is 6.19. The second kappa shape index (κ2) is 6.94. The topological polar surface area (TPSA) is 38.0 Å². The highest BCUT2D eigenvalue weighted by molar-refractivity contribution is 9.11. The second-order valence-corrected chi connectivity index (χ2v) is 6.73. The van der Waals surface area contributed by atoms with Crippen LogP contribution in [0.1, 0.15) is 17.2 Å². The third kappa shape index (κ3) is 3.76. The van der Waals surface area contributed by atoms with Crippen LogP contribution in [-0.2, 0) is 0 Å². The standard InChI is InChI=1S/C15H15Br2ClN2/c1-9-2-4-13(17)14(6-9)20-15(8-19)11-7-10(18)3-5-12(11)16/h2-7,15,20H,8,19H2,1H3. The molecule has 2 aromatic rings. The summed E-state index contributed by atoms with van der Waals surface area (Å²) in [4.78, 5) is 0. The number of rotatable bonds is 4. The molecule has 2 nitrogen and oxygen atoms in total. The zero-order valence-electron chi connectivity index (χ0n) is 11.0. The summed E-state index contributed by atoms with van der Waals surface area (Å²) in [6, 6.07) is 11.9. The average Bonchev–Trinajstić information content (AvgIpc) is 2.42. The Balaban J connectivity index is 2.33. The maximum absolute atomic E-state index is 6.08. The SMILES string of the molecule is Cc1ccc(Br)c(NC(CN)c2cc(Cl)ccc2Br)c1. The van der Waals surface area contributed by atoms with Crippen molar-refractivity contribution in [1.29, 1.82) is 0 Å². The van der Waals surface area contributed by atoms with Gasteiger partial charge in [0, 0.05) is 26.2 Å². The summed E-state index contributed by atoms with van der Waals surface area (Å²) in [7, 11) is 0. The summed E-state index contributed by atoms with van der Waals surface area (Å²) in [6.07, 6.45) is 0. The van der Waals surface area contributed by atoms with Crippen LogP contribution >= 0.6 is 43.5 Å². The fraction of sp³-hybridized carbons (Fsp3) is 0.200. The zero-order chi connectivity index (χ0) is 14.7. The monoisotopic (exact) mass is 416 g/mol. The molecule has 2 aromatic carbocycles. The molecule has 0 amide bonds. The Bertz CT molecular complexity index is 617. The van der Waals surface area contributed by atoms with E-state index in [0.29, 0.717) is 11.6 Å². The summed E-state index contributed by atoms with van der Waals surface area (Å²) >= 11 is 13.2. The van der Waals surface area contributed by atoms with Crippen molar-refractivity contribution in [3.8, 4) is 0 Å². The van der Waals surface area contributed by atoms with Gasteiger partial charge in [-0.2, -0.15) is 0 Å². The maximum atomic E-state index is 6.08. The molecule has 0 aliphatic rings. The first-order chi connectivity index (χ1) is 9.51. The van der Waals surface area contributed by atoms with Crippen LogP contribution in [0.4, 0.5) is 5.69 Å². The lowest BCUT2D eigenvalue weighted by Gasteiger charge is -2.21. The van der Waals surface area contributed by atoms with Crippen molar-refractivity contribution in [1.82, 2.24) is 0 Å². The Hall–Kier alpha value is -0.550. The van der Waals surface area contributed by atoms with E-state index in [1.807, 2.05) is 24.3 Å². The predicted molar refractivity (Wildman–Crippen MR) is 93.4 cm³/mol. The molecule has 3 N–H and O–H groups in total. The van der Waals surface area contributed by atoms with Gasteiger partial charge in [0.2, 0.25) is 0 Å². The summed E-state index contributed by atoms with van der Waals surface area (Å²) in [6.45, 7) is 2.53. The van der Waals surface area contributed by atoms with Gasteiger partial charge in [0.25, 0.3) is 0 Å². The first kappa shape index (κ1) is 15.8. The van der Waals surface area contributed by atoms with E-state index in [9.17, 15) is 0 Å². The molecule has 0 heterocycles. The Morgan fingerprint density at radius 1 is 1.15 bits per heavy atom. The predicted octanol–water partition coefficient (Wildman–Crippen LogP) is 5.29. The molecule has 0 aromatic heterocycles. The number of anilines is 1. The van der Waals surface area contributed by atoms with Crippen LogP contribution < -0.4 is 11.1 Å². The second-order valence-electron chi connectivity index (χ2n) is 4.58. The van der Waals surface area contributed by atoms with Gasteiger partial charge in [0.1, 0.15) is 0 Å². The van der Waals surface area contributed by atoms with Gasteiger partial charge < -0.3 is 11.1 Å². The van der Waals surface area contributed by atoms with E-state index in [1.54, 1.807) is 0 Å². The molecular weight excluding hydrogens is 403 g/mol. The van der Waals surface area contributed by atoms with E-state index >= 15 is 0 Å². The van der Waals surface area contributed by atoms with Gasteiger partial charge in [0.05, 0.1) is 6.04 Å². The molecule has 0 aliphatic carbocycles. The van der Waals surface area contributed by atoms with Crippen LogP contribution in [0.3, 0.4) is 0 Å². The fourth-order valence-corrected chi connectivity index (χ4v) is 3.05. The van der Waals surface area contributed by atoms with Crippen LogP contribution in [0, 0.1) is 6.92 Å². The number of nitrogens with one attached hydrogen (secondary N) is 1. The van der Waals surface area contributed by atoms with Crippen LogP contribution in [0.25, 0.3) is 0 Å². The highest BCUT2D eigenvalue weighted by atomic mass is 79.9. The highest BCUT2D eigenvalue weighted by Gasteiger charge is 2.14. The van der Waals surface area contributed by atoms with Crippen molar-refractivity contribution in [3.63, 3.8) is 0 Å². The van der Waals surface area contributed by atoms with Crippen molar-refractivity contribution in [2.24, 2.45) is 5.73 Å². The largest absolute Gasteiger partial charge is 0.376 e. The molecule has 1 atom stereocenters. The van der Waals surface area contributed by atoms with E-state index in [2.05, 4.69) is 56.2 Å². The minimum atomic E-state index is -0.0128. The lowest BCUT2D eigenvalue weighted by atomic mass is 10.1. The minimum absolute atomic E-state index is 0.0128. The zero-order valence-corrected chi connectivity index (χ0v) is 14.9. The molecule has 2 rings (SSSR count). The number of aryl methyl sites for hydroxylation is 1. The highest BCUT2D eigenvalue weighted by Crippen LogP contribution is 2.31. The number of hydrogen-bond acceptors (Lipinski definition) is 2. The fourth-order valence-electron chi connectivity index (χ4n) is 1.98. The molecule has 1 unspecified atom stereocenters. The van der Waals surface area contributed by atoms with Gasteiger partial charge >= 0.3 is 0 Å². The molecular formula is C15H15Br2ClN2. The molecule has 20 heavy (non-hydrogen) atoms. The normalized spacial score (nSPS) is 12.2. The third-order valence-corrected chi connectivity index (χ3v) is 4.67. The van der Waals surface area contributed by atoms with E-state index < -0.39 is 0 Å². The molecule has 0 fully saturated rings. The molecule has 106 valence electrons. The Labute approximate surface area is 141 Å². The minimum Gasteiger partial charge on any atom is -0.376 e. The lowest BCUT2D eigenvalue weighted by Crippen LogP contribution is -2.21. The Morgan fingerprint density at radius 2 is 1.85 bits per heavy atom. The van der Waals surface area contributed by atoms with Gasteiger partial charge in [0.15, 0.2) is 0 Å². The van der Waals surface area contributed by atoms with Gasteiger partial charge in [-0.05, 0) is 64.3 Å². The molecule has 0 aliphatic heterocycles. The van der Waals surface area contributed by atoms with E-state index in [1.165, 1.54) is 5.56 Å². The van der Waals surface area contributed by atoms with E-state index in [-0.39, 0.29) is 6.04 Å². The van der Waals surface area contributed by atoms with Crippen LogP contribution in [-0.4, -0.2) is 6.54 Å². The third-order valence-electron chi connectivity index (χ3n) is 3.02. The van der Waals surface area contributed by atoms with Crippen molar-refractivity contribution >= 4 is 49.1 Å². The number of hydrogen-bond donors (Lipinski definition) is 2.